The van der Waals surface area contributed by atoms with Gasteiger partial charge >= 0.3 is 6.09 Å². The number of allylic oxidation sites excluding steroid dienone is 1. The van der Waals surface area contributed by atoms with Crippen LogP contribution in [0.25, 0.3) is 0 Å². The van der Waals surface area contributed by atoms with Crippen LogP contribution in [-0.2, 0) is 9.53 Å². The normalized spacial score (nSPS) is 13.0. The van der Waals surface area contributed by atoms with Gasteiger partial charge in [0.25, 0.3) is 0 Å². The van der Waals surface area contributed by atoms with E-state index < -0.39 is 6.09 Å². The summed E-state index contributed by atoms with van der Waals surface area (Å²) < 4.78 is 5.15. The van der Waals surface area contributed by atoms with Crippen molar-refractivity contribution in [3.63, 3.8) is 0 Å². The Labute approximate surface area is 165 Å². The Morgan fingerprint density at radius 1 is 1.19 bits per heavy atom. The number of ether oxygens (including phenoxy) is 1. The maximum absolute atomic E-state index is 12.9. The minimum absolute atomic E-state index is 0.143. The van der Waals surface area contributed by atoms with Crippen molar-refractivity contribution in [1.82, 2.24) is 10.2 Å². The number of hydrogen-bond acceptors (Lipinski definition) is 4. The van der Waals surface area contributed by atoms with Gasteiger partial charge in [-0.15, -0.1) is 0 Å². The third-order valence-corrected chi connectivity index (χ3v) is 4.50. The van der Waals surface area contributed by atoms with Crippen molar-refractivity contribution >= 4 is 12.0 Å². The van der Waals surface area contributed by atoms with Crippen LogP contribution in [0.5, 0.6) is 0 Å². The van der Waals surface area contributed by atoms with Gasteiger partial charge < -0.3 is 20.1 Å². The number of unbranched alkanes of at least 4 members (excludes halogenated alkanes) is 1. The SMILES string of the molecule is CCN(C(=O)C(CCNC(=O)OCCCC=CCCO)C(C)(C)C)C(C)C. The second kappa shape index (κ2) is 13.6. The predicted molar refractivity (Wildman–Crippen MR) is 110 cm³/mol. The van der Waals surface area contributed by atoms with Crippen LogP contribution in [0.15, 0.2) is 12.2 Å². The molecule has 0 aliphatic heterocycles. The molecule has 27 heavy (non-hydrogen) atoms. The molecule has 2 N–H and O–H groups in total. The lowest BCUT2D eigenvalue weighted by Crippen LogP contribution is -2.45. The van der Waals surface area contributed by atoms with Gasteiger partial charge in [-0.2, -0.15) is 0 Å². The predicted octanol–water partition coefficient (Wildman–Crippen LogP) is 3.74. The van der Waals surface area contributed by atoms with Crippen LogP contribution >= 0.6 is 0 Å². The van der Waals surface area contributed by atoms with Crippen LogP contribution in [-0.4, -0.2) is 54.4 Å². The number of alkyl carbamates (subject to hydrolysis) is 1. The molecule has 0 aromatic rings. The first kappa shape index (κ1) is 25.4. The Hall–Kier alpha value is -1.56. The Balaban J connectivity index is 4.34. The van der Waals surface area contributed by atoms with E-state index in [1.54, 1.807) is 0 Å². The van der Waals surface area contributed by atoms with Crippen LogP contribution in [0.2, 0.25) is 0 Å². The third kappa shape index (κ3) is 11.0. The average Bonchev–Trinajstić information content (AvgIpc) is 2.56. The van der Waals surface area contributed by atoms with E-state index in [1.807, 2.05) is 37.8 Å². The number of hydrogen-bond donors (Lipinski definition) is 2. The van der Waals surface area contributed by atoms with E-state index in [0.29, 0.717) is 32.5 Å². The molecule has 1 atom stereocenters. The molecule has 158 valence electrons. The Morgan fingerprint density at radius 3 is 2.33 bits per heavy atom. The minimum Gasteiger partial charge on any atom is -0.450 e. The smallest absolute Gasteiger partial charge is 0.407 e. The standard InChI is InChI=1S/C21H40N2O4/c1-7-23(17(2)3)19(25)18(21(4,5)6)13-14-22-20(26)27-16-12-10-8-9-11-15-24/h8-9,17-18,24H,7,10-16H2,1-6H3,(H,22,26). The van der Waals surface area contributed by atoms with Crippen molar-refractivity contribution in [3.8, 4) is 0 Å². The first-order valence-electron chi connectivity index (χ1n) is 10.1. The maximum Gasteiger partial charge on any atom is 0.407 e. The fourth-order valence-corrected chi connectivity index (χ4v) is 2.95. The molecular weight excluding hydrogens is 344 g/mol. The molecule has 0 rings (SSSR count). The van der Waals surface area contributed by atoms with Crippen molar-refractivity contribution in [2.24, 2.45) is 11.3 Å². The van der Waals surface area contributed by atoms with Gasteiger partial charge in [0.1, 0.15) is 0 Å². The van der Waals surface area contributed by atoms with E-state index in [4.69, 9.17) is 9.84 Å². The van der Waals surface area contributed by atoms with Crippen molar-refractivity contribution < 1.29 is 19.4 Å². The lowest BCUT2D eigenvalue weighted by Gasteiger charge is -2.36. The van der Waals surface area contributed by atoms with Gasteiger partial charge in [0, 0.05) is 31.7 Å². The van der Waals surface area contributed by atoms with E-state index in [-0.39, 0.29) is 29.9 Å². The van der Waals surface area contributed by atoms with Gasteiger partial charge in [-0.05, 0) is 51.9 Å². The molecule has 0 aliphatic carbocycles. The number of nitrogens with one attached hydrogen (secondary N) is 1. The molecular formula is C21H40N2O4. The molecule has 0 fully saturated rings. The Bertz CT molecular complexity index is 456. The van der Waals surface area contributed by atoms with Crippen LogP contribution in [0.1, 0.15) is 67.2 Å². The number of rotatable bonds is 12. The largest absolute Gasteiger partial charge is 0.450 e. The molecule has 0 heterocycles. The summed E-state index contributed by atoms with van der Waals surface area (Å²) in [6, 6.07) is 0.164. The fraction of sp³-hybridized carbons (Fsp3) is 0.810. The Morgan fingerprint density at radius 2 is 1.81 bits per heavy atom. The van der Waals surface area contributed by atoms with Crippen LogP contribution in [0.4, 0.5) is 4.79 Å². The second-order valence-corrected chi connectivity index (χ2v) is 8.11. The highest BCUT2D eigenvalue weighted by molar-refractivity contribution is 5.80. The van der Waals surface area contributed by atoms with Crippen molar-refractivity contribution in [3.05, 3.63) is 12.2 Å². The molecule has 0 spiro atoms. The van der Waals surface area contributed by atoms with E-state index in [1.165, 1.54) is 0 Å². The Kier molecular flexibility index (Phi) is 12.8. The van der Waals surface area contributed by atoms with E-state index >= 15 is 0 Å². The first-order valence-corrected chi connectivity index (χ1v) is 10.1. The summed E-state index contributed by atoms with van der Waals surface area (Å²) in [6.07, 6.45) is 6.26. The number of carbonyl (C=O) groups is 2. The zero-order chi connectivity index (χ0) is 20.9. The summed E-state index contributed by atoms with van der Waals surface area (Å²) in [5, 5.41) is 11.4. The number of carbonyl (C=O) groups excluding carboxylic acids is 2. The molecule has 0 saturated heterocycles. The summed E-state index contributed by atoms with van der Waals surface area (Å²) in [7, 11) is 0. The number of nitrogens with zero attached hydrogens (tertiary/aromatic N) is 1. The fourth-order valence-electron chi connectivity index (χ4n) is 2.95. The summed E-state index contributed by atoms with van der Waals surface area (Å²) in [5.41, 5.74) is -0.175. The molecule has 0 aromatic carbocycles. The van der Waals surface area contributed by atoms with E-state index in [0.717, 1.165) is 12.8 Å². The van der Waals surface area contributed by atoms with Gasteiger partial charge in [-0.3, -0.25) is 4.79 Å². The lowest BCUT2D eigenvalue weighted by atomic mass is 9.77. The molecule has 1 unspecified atom stereocenters. The molecule has 0 bridgehead atoms. The van der Waals surface area contributed by atoms with E-state index in [9.17, 15) is 9.59 Å². The van der Waals surface area contributed by atoms with Gasteiger partial charge in [0.05, 0.1) is 6.61 Å². The van der Waals surface area contributed by atoms with E-state index in [2.05, 4.69) is 26.1 Å². The summed E-state index contributed by atoms with van der Waals surface area (Å²) in [4.78, 5) is 26.6. The van der Waals surface area contributed by atoms with Gasteiger partial charge in [-0.1, -0.05) is 32.9 Å². The third-order valence-electron chi connectivity index (χ3n) is 4.50. The molecule has 0 saturated carbocycles. The zero-order valence-corrected chi connectivity index (χ0v) is 18.1. The first-order chi connectivity index (χ1) is 12.6. The maximum atomic E-state index is 12.9. The van der Waals surface area contributed by atoms with Crippen molar-refractivity contribution in [2.75, 3.05) is 26.3 Å². The van der Waals surface area contributed by atoms with Crippen LogP contribution in [0.3, 0.4) is 0 Å². The van der Waals surface area contributed by atoms with Crippen LogP contribution < -0.4 is 5.32 Å². The topological polar surface area (TPSA) is 78.9 Å². The number of aliphatic hydroxyl groups is 1. The molecule has 0 aliphatic rings. The minimum atomic E-state index is -0.439. The molecule has 6 heteroatoms. The summed E-state index contributed by atoms with van der Waals surface area (Å²) >= 11 is 0. The number of aliphatic hydroxyl groups excluding tert-OH is 1. The van der Waals surface area contributed by atoms with Gasteiger partial charge in [0.2, 0.25) is 5.91 Å². The monoisotopic (exact) mass is 384 g/mol. The molecule has 0 aromatic heterocycles. The molecule has 0 radical (unpaired) electrons. The highest BCUT2D eigenvalue weighted by Crippen LogP contribution is 2.30. The second-order valence-electron chi connectivity index (χ2n) is 8.11. The molecule has 2 amide bonds. The van der Waals surface area contributed by atoms with Gasteiger partial charge in [-0.25, -0.2) is 4.79 Å². The number of amides is 2. The molecule has 6 nitrogen and oxygen atoms in total. The van der Waals surface area contributed by atoms with Crippen molar-refractivity contribution in [1.29, 1.82) is 0 Å². The summed E-state index contributed by atoms with van der Waals surface area (Å²) in [6.45, 7) is 13.8. The quantitative estimate of drug-likeness (QED) is 0.397. The highest BCUT2D eigenvalue weighted by atomic mass is 16.5. The van der Waals surface area contributed by atoms with Crippen molar-refractivity contribution in [2.45, 2.75) is 73.3 Å². The zero-order valence-electron chi connectivity index (χ0n) is 18.1. The highest BCUT2D eigenvalue weighted by Gasteiger charge is 2.34. The lowest BCUT2D eigenvalue weighted by molar-refractivity contribution is -0.140. The summed E-state index contributed by atoms with van der Waals surface area (Å²) in [5.74, 6) is -0.0124. The van der Waals surface area contributed by atoms with Gasteiger partial charge in [0.15, 0.2) is 0 Å². The average molecular weight is 385 g/mol. The van der Waals surface area contributed by atoms with Crippen LogP contribution in [0, 0.1) is 11.3 Å².